The second-order valence-corrected chi connectivity index (χ2v) is 9.63. The number of amides is 2. The standard InChI is InChI=1S/C19H26N2O4S/c1-26(24,25)13-14-6-8-15(9-7-14)18(22)20-17-10-11-21(12-17)19(23)16-4-2-3-5-16/h6-9,16-17H,2-5,10-13H2,1H3,(H,20,22). The van der Waals surface area contributed by atoms with Crippen LogP contribution >= 0.6 is 0 Å². The van der Waals surface area contributed by atoms with Crippen LogP contribution in [0.15, 0.2) is 24.3 Å². The number of nitrogens with zero attached hydrogens (tertiary/aromatic N) is 1. The molecule has 1 aliphatic carbocycles. The minimum Gasteiger partial charge on any atom is -0.347 e. The Balaban J connectivity index is 1.53. The van der Waals surface area contributed by atoms with Crippen LogP contribution in [-0.2, 0) is 20.4 Å². The molecule has 2 aliphatic rings. The van der Waals surface area contributed by atoms with Gasteiger partial charge in [0.05, 0.1) is 5.75 Å². The number of carbonyl (C=O) groups is 2. The first kappa shape index (κ1) is 18.9. The molecule has 0 bridgehead atoms. The number of hydrogen-bond acceptors (Lipinski definition) is 4. The topological polar surface area (TPSA) is 83.6 Å². The van der Waals surface area contributed by atoms with Crippen LogP contribution < -0.4 is 5.32 Å². The number of sulfone groups is 1. The van der Waals surface area contributed by atoms with Crippen molar-refractivity contribution in [2.24, 2.45) is 5.92 Å². The molecular formula is C19H26N2O4S. The van der Waals surface area contributed by atoms with E-state index in [0.717, 1.165) is 32.1 Å². The molecule has 1 saturated carbocycles. The molecule has 1 aliphatic heterocycles. The molecule has 1 aromatic carbocycles. The van der Waals surface area contributed by atoms with Gasteiger partial charge in [0.25, 0.3) is 5.91 Å². The van der Waals surface area contributed by atoms with Crippen molar-refractivity contribution in [1.29, 1.82) is 0 Å². The number of hydrogen-bond donors (Lipinski definition) is 1. The van der Waals surface area contributed by atoms with Crippen LogP contribution in [0.4, 0.5) is 0 Å². The highest BCUT2D eigenvalue weighted by Crippen LogP contribution is 2.27. The summed E-state index contributed by atoms with van der Waals surface area (Å²) in [5.74, 6) is 0.197. The summed E-state index contributed by atoms with van der Waals surface area (Å²) in [4.78, 5) is 26.7. The van der Waals surface area contributed by atoms with Gasteiger partial charge in [0.15, 0.2) is 9.84 Å². The van der Waals surface area contributed by atoms with Crippen molar-refractivity contribution in [2.45, 2.75) is 43.9 Å². The number of likely N-dealkylation sites (tertiary alicyclic amines) is 1. The molecule has 1 heterocycles. The van der Waals surface area contributed by atoms with E-state index in [4.69, 9.17) is 0 Å². The fraction of sp³-hybridized carbons (Fsp3) is 0.579. The fourth-order valence-corrected chi connectivity index (χ4v) is 4.63. The highest BCUT2D eigenvalue weighted by atomic mass is 32.2. The molecule has 1 atom stereocenters. The van der Waals surface area contributed by atoms with Crippen LogP contribution in [-0.4, -0.2) is 50.5 Å². The molecule has 2 amide bonds. The Bertz CT molecular complexity index is 767. The Morgan fingerprint density at radius 2 is 1.77 bits per heavy atom. The van der Waals surface area contributed by atoms with Gasteiger partial charge in [-0.25, -0.2) is 8.42 Å². The van der Waals surface area contributed by atoms with Gasteiger partial charge < -0.3 is 10.2 Å². The second-order valence-electron chi connectivity index (χ2n) is 7.49. The Hall–Kier alpha value is -1.89. The first-order valence-electron chi connectivity index (χ1n) is 9.18. The van der Waals surface area contributed by atoms with Gasteiger partial charge in [0, 0.05) is 36.9 Å². The maximum Gasteiger partial charge on any atom is 0.251 e. The summed E-state index contributed by atoms with van der Waals surface area (Å²) in [7, 11) is -3.09. The first-order valence-corrected chi connectivity index (χ1v) is 11.2. The van der Waals surface area contributed by atoms with Crippen LogP contribution in [0.1, 0.15) is 48.0 Å². The molecule has 26 heavy (non-hydrogen) atoms. The summed E-state index contributed by atoms with van der Waals surface area (Å²) >= 11 is 0. The Morgan fingerprint density at radius 1 is 1.12 bits per heavy atom. The normalized spacial score (nSPS) is 21.1. The second kappa shape index (κ2) is 7.78. The van der Waals surface area contributed by atoms with E-state index >= 15 is 0 Å². The molecule has 1 aromatic rings. The maximum atomic E-state index is 12.5. The molecule has 1 saturated heterocycles. The zero-order valence-electron chi connectivity index (χ0n) is 15.1. The number of rotatable bonds is 5. The minimum atomic E-state index is -3.09. The van der Waals surface area contributed by atoms with E-state index < -0.39 is 9.84 Å². The smallest absolute Gasteiger partial charge is 0.251 e. The van der Waals surface area contributed by atoms with Crippen molar-refractivity contribution >= 4 is 21.7 Å². The summed E-state index contributed by atoms with van der Waals surface area (Å²) in [6.45, 7) is 1.28. The van der Waals surface area contributed by atoms with Crippen molar-refractivity contribution in [1.82, 2.24) is 10.2 Å². The highest BCUT2D eigenvalue weighted by molar-refractivity contribution is 7.89. The van der Waals surface area contributed by atoms with Crippen molar-refractivity contribution in [3.05, 3.63) is 35.4 Å². The van der Waals surface area contributed by atoms with Crippen LogP contribution in [0.25, 0.3) is 0 Å². The van der Waals surface area contributed by atoms with Crippen molar-refractivity contribution in [3.8, 4) is 0 Å². The van der Waals surface area contributed by atoms with Crippen LogP contribution in [0, 0.1) is 5.92 Å². The third-order valence-corrected chi connectivity index (χ3v) is 6.04. The lowest BCUT2D eigenvalue weighted by Crippen LogP contribution is -2.39. The lowest BCUT2D eigenvalue weighted by Gasteiger charge is -2.20. The quantitative estimate of drug-likeness (QED) is 0.846. The molecule has 1 N–H and O–H groups in total. The van der Waals surface area contributed by atoms with E-state index in [9.17, 15) is 18.0 Å². The van der Waals surface area contributed by atoms with E-state index in [-0.39, 0.29) is 29.5 Å². The van der Waals surface area contributed by atoms with E-state index in [1.54, 1.807) is 24.3 Å². The van der Waals surface area contributed by atoms with E-state index in [1.165, 1.54) is 6.26 Å². The Kier molecular flexibility index (Phi) is 5.65. The van der Waals surface area contributed by atoms with Gasteiger partial charge in [-0.2, -0.15) is 0 Å². The minimum absolute atomic E-state index is 0.0245. The lowest BCUT2D eigenvalue weighted by atomic mass is 10.1. The third-order valence-electron chi connectivity index (χ3n) is 5.18. The summed E-state index contributed by atoms with van der Waals surface area (Å²) in [6, 6.07) is 6.60. The Morgan fingerprint density at radius 3 is 2.38 bits per heavy atom. The van der Waals surface area contributed by atoms with Gasteiger partial charge in [-0.3, -0.25) is 9.59 Å². The molecule has 6 nitrogen and oxygen atoms in total. The average molecular weight is 378 g/mol. The molecule has 3 rings (SSSR count). The van der Waals surface area contributed by atoms with Crippen LogP contribution in [0.3, 0.4) is 0 Å². The zero-order valence-corrected chi connectivity index (χ0v) is 15.9. The number of benzene rings is 1. The molecule has 0 spiro atoms. The van der Waals surface area contributed by atoms with Gasteiger partial charge >= 0.3 is 0 Å². The Labute approximate surface area is 154 Å². The summed E-state index contributed by atoms with van der Waals surface area (Å²) < 4.78 is 22.6. The predicted octanol–water partition coefficient (Wildman–Crippen LogP) is 1.75. The molecule has 142 valence electrons. The van der Waals surface area contributed by atoms with Crippen molar-refractivity contribution in [2.75, 3.05) is 19.3 Å². The average Bonchev–Trinajstić information content (AvgIpc) is 3.25. The predicted molar refractivity (Wildman–Crippen MR) is 99.4 cm³/mol. The van der Waals surface area contributed by atoms with E-state index in [2.05, 4.69) is 5.32 Å². The molecule has 1 unspecified atom stereocenters. The molecular weight excluding hydrogens is 352 g/mol. The van der Waals surface area contributed by atoms with Gasteiger partial charge in [0.2, 0.25) is 5.91 Å². The van der Waals surface area contributed by atoms with E-state index in [1.807, 2.05) is 4.90 Å². The molecule has 2 fully saturated rings. The lowest BCUT2D eigenvalue weighted by molar-refractivity contribution is -0.134. The largest absolute Gasteiger partial charge is 0.347 e. The number of nitrogens with one attached hydrogen (secondary N) is 1. The van der Waals surface area contributed by atoms with Crippen LogP contribution in [0.2, 0.25) is 0 Å². The van der Waals surface area contributed by atoms with Gasteiger partial charge in [-0.1, -0.05) is 25.0 Å². The van der Waals surface area contributed by atoms with E-state index in [0.29, 0.717) is 24.2 Å². The van der Waals surface area contributed by atoms with Crippen molar-refractivity contribution in [3.63, 3.8) is 0 Å². The van der Waals surface area contributed by atoms with Gasteiger partial charge in [-0.15, -0.1) is 0 Å². The summed E-state index contributed by atoms with van der Waals surface area (Å²) in [5, 5.41) is 2.99. The number of carbonyl (C=O) groups excluding carboxylic acids is 2. The van der Waals surface area contributed by atoms with Gasteiger partial charge in [-0.05, 0) is 37.0 Å². The van der Waals surface area contributed by atoms with Gasteiger partial charge in [0.1, 0.15) is 0 Å². The van der Waals surface area contributed by atoms with Crippen molar-refractivity contribution < 1.29 is 18.0 Å². The SMILES string of the molecule is CS(=O)(=O)Cc1ccc(C(=O)NC2CCN(C(=O)C3CCCC3)C2)cc1. The molecule has 0 radical (unpaired) electrons. The molecule has 0 aromatic heterocycles. The summed E-state index contributed by atoms with van der Waals surface area (Å²) in [6.07, 6.45) is 6.22. The fourth-order valence-electron chi connectivity index (χ4n) is 3.83. The monoisotopic (exact) mass is 378 g/mol. The zero-order chi connectivity index (χ0) is 18.7. The maximum absolute atomic E-state index is 12.5. The first-order chi connectivity index (χ1) is 12.3. The van der Waals surface area contributed by atoms with Crippen LogP contribution in [0.5, 0.6) is 0 Å². The molecule has 7 heteroatoms. The summed E-state index contributed by atoms with van der Waals surface area (Å²) in [5.41, 5.74) is 1.17. The highest BCUT2D eigenvalue weighted by Gasteiger charge is 2.32. The third kappa shape index (κ3) is 4.84.